The number of hydrogen-bond donors (Lipinski definition) is 1. The molecule has 1 amide bonds. The Hall–Kier alpha value is -3.02. The van der Waals surface area contributed by atoms with Crippen LogP contribution in [0.4, 0.5) is 5.69 Å². The van der Waals surface area contributed by atoms with E-state index in [9.17, 15) is 4.79 Å². The van der Waals surface area contributed by atoms with E-state index in [4.69, 9.17) is 32.4 Å². The van der Waals surface area contributed by atoms with Gasteiger partial charge in [0.1, 0.15) is 11.3 Å². The summed E-state index contributed by atoms with van der Waals surface area (Å²) >= 11 is 11.8. The van der Waals surface area contributed by atoms with Gasteiger partial charge in [0.25, 0.3) is 5.91 Å². The van der Waals surface area contributed by atoms with Crippen molar-refractivity contribution in [3.8, 4) is 5.75 Å². The molecular formula is C24H20Cl2N2O3. The second-order valence-electron chi connectivity index (χ2n) is 7.61. The summed E-state index contributed by atoms with van der Waals surface area (Å²) in [5.74, 6) is 0.863. The van der Waals surface area contributed by atoms with Crippen molar-refractivity contribution in [3.05, 3.63) is 88.2 Å². The van der Waals surface area contributed by atoms with Gasteiger partial charge in [-0.3, -0.25) is 4.79 Å². The van der Waals surface area contributed by atoms with Crippen molar-refractivity contribution >= 4 is 45.9 Å². The van der Waals surface area contributed by atoms with E-state index in [2.05, 4.69) is 10.3 Å². The molecule has 0 aliphatic carbocycles. The van der Waals surface area contributed by atoms with E-state index in [1.54, 1.807) is 56.3 Å². The van der Waals surface area contributed by atoms with Crippen LogP contribution in [0.5, 0.6) is 5.75 Å². The largest absolute Gasteiger partial charge is 0.478 e. The van der Waals surface area contributed by atoms with E-state index in [0.717, 1.165) is 5.56 Å². The maximum absolute atomic E-state index is 12.8. The van der Waals surface area contributed by atoms with Crippen molar-refractivity contribution in [1.82, 2.24) is 4.98 Å². The van der Waals surface area contributed by atoms with Crippen molar-refractivity contribution in [3.63, 3.8) is 0 Å². The van der Waals surface area contributed by atoms with Crippen molar-refractivity contribution in [2.75, 3.05) is 5.32 Å². The van der Waals surface area contributed by atoms with Crippen LogP contribution in [0.2, 0.25) is 10.0 Å². The summed E-state index contributed by atoms with van der Waals surface area (Å²) in [6, 6.07) is 19.8. The fourth-order valence-electron chi connectivity index (χ4n) is 3.03. The second kappa shape index (κ2) is 8.61. The Balaban J connectivity index is 1.46. The molecule has 0 saturated heterocycles. The molecule has 0 aliphatic heterocycles. The zero-order valence-corrected chi connectivity index (χ0v) is 18.5. The zero-order chi connectivity index (χ0) is 22.0. The van der Waals surface area contributed by atoms with E-state index in [-0.39, 0.29) is 5.91 Å². The van der Waals surface area contributed by atoms with Crippen LogP contribution in [0.15, 0.2) is 71.1 Å². The quantitative estimate of drug-likeness (QED) is 0.360. The van der Waals surface area contributed by atoms with Crippen LogP contribution in [0.1, 0.15) is 25.3 Å². The average Bonchev–Trinajstić information content (AvgIpc) is 3.13. The number of nitrogens with one attached hydrogen (secondary N) is 1. The first-order valence-electron chi connectivity index (χ1n) is 9.68. The molecule has 0 fully saturated rings. The van der Waals surface area contributed by atoms with Crippen molar-refractivity contribution in [1.29, 1.82) is 0 Å². The maximum atomic E-state index is 12.8. The van der Waals surface area contributed by atoms with Crippen LogP contribution >= 0.6 is 23.2 Å². The standard InChI is InChI=1S/C24H20Cl2N2O3/c1-24(2,31-19-10-7-17(26)8-11-19)23(29)27-18-9-12-21-20(14-18)28-22(30-21)13-15-3-5-16(25)6-4-15/h3-12,14H,13H2,1-2H3,(H,27,29). The van der Waals surface area contributed by atoms with Crippen LogP contribution in [-0.2, 0) is 11.2 Å². The highest BCUT2D eigenvalue weighted by molar-refractivity contribution is 6.30. The molecule has 0 atom stereocenters. The lowest BCUT2D eigenvalue weighted by Gasteiger charge is -2.25. The fraction of sp³-hybridized carbons (Fsp3) is 0.167. The first-order chi connectivity index (χ1) is 14.8. The zero-order valence-electron chi connectivity index (χ0n) is 17.0. The molecule has 7 heteroatoms. The molecule has 0 radical (unpaired) electrons. The number of oxazole rings is 1. The highest BCUT2D eigenvalue weighted by Gasteiger charge is 2.30. The van der Waals surface area contributed by atoms with Gasteiger partial charge in [0, 0.05) is 22.2 Å². The lowest BCUT2D eigenvalue weighted by Crippen LogP contribution is -2.42. The third-order valence-corrected chi connectivity index (χ3v) is 5.20. The Morgan fingerprint density at radius 2 is 1.65 bits per heavy atom. The van der Waals surface area contributed by atoms with Crippen LogP contribution in [0.25, 0.3) is 11.1 Å². The van der Waals surface area contributed by atoms with Gasteiger partial charge in [-0.1, -0.05) is 35.3 Å². The summed E-state index contributed by atoms with van der Waals surface area (Å²) in [5.41, 5.74) is 1.88. The summed E-state index contributed by atoms with van der Waals surface area (Å²) in [4.78, 5) is 17.3. The third kappa shape index (κ3) is 5.19. The first-order valence-corrected chi connectivity index (χ1v) is 10.4. The molecule has 4 aromatic rings. The second-order valence-corrected chi connectivity index (χ2v) is 8.49. The maximum Gasteiger partial charge on any atom is 0.267 e. The van der Waals surface area contributed by atoms with Crippen LogP contribution in [0.3, 0.4) is 0 Å². The van der Waals surface area contributed by atoms with Crippen molar-refractivity contribution in [2.45, 2.75) is 25.9 Å². The monoisotopic (exact) mass is 454 g/mol. The highest BCUT2D eigenvalue weighted by Crippen LogP contribution is 2.25. The number of fused-ring (bicyclic) bond motifs is 1. The summed E-state index contributed by atoms with van der Waals surface area (Å²) in [7, 11) is 0. The Morgan fingerprint density at radius 3 is 2.32 bits per heavy atom. The molecule has 1 N–H and O–H groups in total. The van der Waals surface area contributed by atoms with E-state index >= 15 is 0 Å². The van der Waals surface area contributed by atoms with Gasteiger partial charge in [0.05, 0.1) is 0 Å². The minimum atomic E-state index is -1.09. The molecule has 3 aromatic carbocycles. The third-order valence-electron chi connectivity index (χ3n) is 4.69. The summed E-state index contributed by atoms with van der Waals surface area (Å²) in [6.07, 6.45) is 0.551. The van der Waals surface area contributed by atoms with Crippen LogP contribution in [-0.4, -0.2) is 16.5 Å². The number of halogens is 2. The molecule has 1 heterocycles. The normalized spacial score (nSPS) is 11.5. The summed E-state index contributed by atoms with van der Waals surface area (Å²) in [6.45, 7) is 3.41. The van der Waals surface area contributed by atoms with E-state index in [1.807, 2.05) is 24.3 Å². The number of carbonyl (C=O) groups excluding carboxylic acids is 1. The number of anilines is 1. The predicted octanol–water partition coefficient (Wildman–Crippen LogP) is 6.52. The van der Waals surface area contributed by atoms with Gasteiger partial charge in [-0.25, -0.2) is 4.98 Å². The Labute approximate surface area is 189 Å². The lowest BCUT2D eigenvalue weighted by molar-refractivity contribution is -0.128. The number of ether oxygens (including phenoxy) is 1. The molecule has 31 heavy (non-hydrogen) atoms. The molecule has 0 bridgehead atoms. The molecule has 5 nitrogen and oxygen atoms in total. The van der Waals surface area contributed by atoms with E-state index in [1.165, 1.54) is 0 Å². The number of nitrogens with zero attached hydrogens (tertiary/aromatic N) is 1. The SMILES string of the molecule is CC(C)(Oc1ccc(Cl)cc1)C(=O)Nc1ccc2oc(Cc3ccc(Cl)cc3)nc2c1. The number of aromatic nitrogens is 1. The Kier molecular flexibility index (Phi) is 5.90. The van der Waals surface area contributed by atoms with Gasteiger partial charge in [-0.15, -0.1) is 0 Å². The predicted molar refractivity (Wildman–Crippen MR) is 123 cm³/mol. The Bertz CT molecular complexity index is 1220. The number of carbonyl (C=O) groups is 1. The first kappa shape index (κ1) is 21.2. The van der Waals surface area contributed by atoms with Gasteiger partial charge in [-0.2, -0.15) is 0 Å². The number of rotatable bonds is 6. The molecule has 0 spiro atoms. The van der Waals surface area contributed by atoms with Gasteiger partial charge >= 0.3 is 0 Å². The minimum absolute atomic E-state index is 0.285. The minimum Gasteiger partial charge on any atom is -0.478 e. The van der Waals surface area contributed by atoms with Crippen LogP contribution < -0.4 is 10.1 Å². The molecule has 0 saturated carbocycles. The van der Waals surface area contributed by atoms with Gasteiger partial charge in [0.2, 0.25) is 0 Å². The van der Waals surface area contributed by atoms with Crippen molar-refractivity contribution < 1.29 is 13.9 Å². The van der Waals surface area contributed by atoms with E-state index in [0.29, 0.717) is 44.9 Å². The smallest absolute Gasteiger partial charge is 0.267 e. The van der Waals surface area contributed by atoms with Gasteiger partial charge in [0.15, 0.2) is 17.1 Å². The van der Waals surface area contributed by atoms with Gasteiger partial charge < -0.3 is 14.5 Å². The van der Waals surface area contributed by atoms with Crippen molar-refractivity contribution in [2.24, 2.45) is 0 Å². The molecule has 0 unspecified atom stereocenters. The number of amides is 1. The van der Waals surface area contributed by atoms with Gasteiger partial charge in [-0.05, 0) is 74.0 Å². The fourth-order valence-corrected chi connectivity index (χ4v) is 3.28. The molecule has 158 valence electrons. The highest BCUT2D eigenvalue weighted by atomic mass is 35.5. The molecule has 1 aromatic heterocycles. The van der Waals surface area contributed by atoms with E-state index < -0.39 is 5.60 Å². The Morgan fingerprint density at radius 1 is 1.00 bits per heavy atom. The topological polar surface area (TPSA) is 64.4 Å². The molecule has 4 rings (SSSR count). The lowest BCUT2D eigenvalue weighted by atomic mass is 10.1. The molecular weight excluding hydrogens is 435 g/mol. The average molecular weight is 455 g/mol. The molecule has 0 aliphatic rings. The summed E-state index contributed by atoms with van der Waals surface area (Å²) in [5, 5.41) is 4.17. The summed E-state index contributed by atoms with van der Waals surface area (Å²) < 4.78 is 11.7. The number of hydrogen-bond acceptors (Lipinski definition) is 4. The number of benzene rings is 3. The van der Waals surface area contributed by atoms with Crippen LogP contribution in [0, 0.1) is 0 Å².